The molecule has 0 aliphatic rings. The van der Waals surface area contributed by atoms with Gasteiger partial charge in [0.25, 0.3) is 5.69 Å². The summed E-state index contributed by atoms with van der Waals surface area (Å²) in [5.41, 5.74) is 1.26. The fraction of sp³-hybridized carbons (Fsp3) is 0.0625. The van der Waals surface area contributed by atoms with Gasteiger partial charge >= 0.3 is 0 Å². The molecule has 0 saturated carbocycles. The molecule has 0 aliphatic carbocycles. The molecule has 10 heteroatoms. The molecule has 0 fully saturated rings. The van der Waals surface area contributed by atoms with E-state index in [0.717, 1.165) is 5.56 Å². The summed E-state index contributed by atoms with van der Waals surface area (Å²) in [6, 6.07) is 8.17. The lowest BCUT2D eigenvalue weighted by Gasteiger charge is -2.06. The van der Waals surface area contributed by atoms with Gasteiger partial charge in [-0.15, -0.1) is 10.2 Å². The molecule has 1 aromatic carbocycles. The van der Waals surface area contributed by atoms with Gasteiger partial charge in [0, 0.05) is 17.2 Å². The van der Waals surface area contributed by atoms with Crippen molar-refractivity contribution < 1.29 is 9.34 Å². The van der Waals surface area contributed by atoms with Crippen LogP contribution in [0, 0.1) is 17.0 Å². The van der Waals surface area contributed by atoms with Crippen LogP contribution in [-0.4, -0.2) is 24.8 Å². The lowest BCUT2D eigenvalue weighted by atomic mass is 10.2. The number of nitrogens with two attached hydrogens (primary N) is 1. The van der Waals surface area contributed by atoms with E-state index in [2.05, 4.69) is 15.2 Å². The summed E-state index contributed by atoms with van der Waals surface area (Å²) in [6.45, 7) is 1.81. The second kappa shape index (κ2) is 6.15. The van der Waals surface area contributed by atoms with Gasteiger partial charge in [0.2, 0.25) is 5.16 Å². The maximum absolute atomic E-state index is 11.2. The van der Waals surface area contributed by atoms with Gasteiger partial charge in [-0.3, -0.25) is 15.1 Å². The number of fused-ring (bicyclic) bond motifs is 1. The van der Waals surface area contributed by atoms with Crippen molar-refractivity contribution in [2.45, 2.75) is 17.0 Å². The van der Waals surface area contributed by atoms with E-state index >= 15 is 0 Å². The van der Waals surface area contributed by atoms with Gasteiger partial charge in [0.05, 0.1) is 27.7 Å². The van der Waals surface area contributed by atoms with E-state index in [1.165, 1.54) is 22.5 Å². The number of non-ortho nitro benzene ring substituents is 1. The number of nitrogen functional groups attached to an aromatic ring is 1. The quantitative estimate of drug-likeness (QED) is 0.331. The minimum absolute atomic E-state index is 0.00127. The predicted molar refractivity (Wildman–Crippen MR) is 95.1 cm³/mol. The van der Waals surface area contributed by atoms with Crippen LogP contribution in [0.5, 0.6) is 0 Å². The van der Waals surface area contributed by atoms with Crippen molar-refractivity contribution in [2.24, 2.45) is 0 Å². The van der Waals surface area contributed by atoms with E-state index in [9.17, 15) is 10.1 Å². The molecule has 0 bridgehead atoms. The van der Waals surface area contributed by atoms with E-state index in [1.807, 2.05) is 6.92 Å². The third-order valence-corrected chi connectivity index (χ3v) is 4.88. The molecule has 26 heavy (non-hydrogen) atoms. The molecule has 0 amide bonds. The molecule has 0 spiro atoms. The molecule has 3 aromatic heterocycles. The van der Waals surface area contributed by atoms with E-state index in [4.69, 9.17) is 10.3 Å². The summed E-state index contributed by atoms with van der Waals surface area (Å²) in [4.78, 5) is 15.8. The van der Waals surface area contributed by atoms with E-state index in [0.29, 0.717) is 32.5 Å². The number of pyridine rings is 1. The van der Waals surface area contributed by atoms with E-state index in [1.54, 1.807) is 36.7 Å². The molecule has 0 atom stereocenters. The standard InChI is InChI=1S/C16H12N6O3S/c1-9-10(6-8-25-9)15-19-20-16(21(15)17)26-13-5-4-12(22(23)24)11-3-2-7-18-14(11)13/h2-8H,17H2,1H3. The Morgan fingerprint density at radius 1 is 1.27 bits per heavy atom. The fourth-order valence-corrected chi connectivity index (χ4v) is 3.48. The van der Waals surface area contributed by atoms with Crippen molar-refractivity contribution in [3.63, 3.8) is 0 Å². The van der Waals surface area contributed by atoms with Crippen molar-refractivity contribution in [3.05, 3.63) is 58.7 Å². The molecule has 0 unspecified atom stereocenters. The monoisotopic (exact) mass is 368 g/mol. The van der Waals surface area contributed by atoms with Crippen LogP contribution >= 0.6 is 11.8 Å². The van der Waals surface area contributed by atoms with Gasteiger partial charge in [0.15, 0.2) is 5.82 Å². The molecule has 3 heterocycles. The summed E-state index contributed by atoms with van der Waals surface area (Å²) >= 11 is 1.24. The van der Waals surface area contributed by atoms with Gasteiger partial charge in [0.1, 0.15) is 5.76 Å². The molecule has 4 rings (SSSR count). The Labute approximate surface area is 151 Å². The van der Waals surface area contributed by atoms with E-state index < -0.39 is 4.92 Å². The Bertz CT molecular complexity index is 1140. The van der Waals surface area contributed by atoms with Crippen LogP contribution in [0.4, 0.5) is 5.69 Å². The number of aromatic nitrogens is 4. The Kier molecular flexibility index (Phi) is 3.81. The SMILES string of the molecule is Cc1occc1-c1nnc(Sc2ccc([N+](=O)[O-])c3cccnc23)n1N. The third kappa shape index (κ3) is 2.56. The first kappa shape index (κ1) is 16.1. The van der Waals surface area contributed by atoms with Gasteiger partial charge in [-0.1, -0.05) is 0 Å². The average Bonchev–Trinajstić information content (AvgIpc) is 3.21. The topological polar surface area (TPSA) is 126 Å². The number of nitro groups is 1. The molecule has 0 radical (unpaired) electrons. The summed E-state index contributed by atoms with van der Waals surface area (Å²) in [5, 5.41) is 20.3. The number of furan rings is 1. The zero-order valence-electron chi connectivity index (χ0n) is 13.5. The molecule has 4 aromatic rings. The summed E-state index contributed by atoms with van der Waals surface area (Å²) in [7, 11) is 0. The van der Waals surface area contributed by atoms with Crippen molar-refractivity contribution in [1.29, 1.82) is 0 Å². The number of hydrogen-bond donors (Lipinski definition) is 1. The Hall–Kier alpha value is -3.40. The average molecular weight is 368 g/mol. The Morgan fingerprint density at radius 2 is 2.12 bits per heavy atom. The van der Waals surface area contributed by atoms with Crippen molar-refractivity contribution in [1.82, 2.24) is 19.9 Å². The lowest BCUT2D eigenvalue weighted by Crippen LogP contribution is -2.11. The number of aryl methyl sites for hydroxylation is 1. The normalized spacial score (nSPS) is 11.1. The van der Waals surface area contributed by atoms with Crippen molar-refractivity contribution in [2.75, 3.05) is 5.84 Å². The largest absolute Gasteiger partial charge is 0.469 e. The summed E-state index contributed by atoms with van der Waals surface area (Å²) in [5.74, 6) is 7.29. The highest BCUT2D eigenvalue weighted by molar-refractivity contribution is 7.99. The molecular formula is C16H12N6O3S. The van der Waals surface area contributed by atoms with Crippen LogP contribution in [0.2, 0.25) is 0 Å². The van der Waals surface area contributed by atoms with Crippen LogP contribution in [0.25, 0.3) is 22.3 Å². The van der Waals surface area contributed by atoms with Crippen LogP contribution in [0.1, 0.15) is 5.76 Å². The lowest BCUT2D eigenvalue weighted by molar-refractivity contribution is -0.383. The second-order valence-corrected chi connectivity index (χ2v) is 6.42. The van der Waals surface area contributed by atoms with Crippen LogP contribution in [-0.2, 0) is 0 Å². The highest BCUT2D eigenvalue weighted by Gasteiger charge is 2.19. The first-order chi connectivity index (χ1) is 12.6. The minimum Gasteiger partial charge on any atom is -0.469 e. The minimum atomic E-state index is -0.427. The molecule has 2 N–H and O–H groups in total. The smallest absolute Gasteiger partial charge is 0.278 e. The first-order valence-corrected chi connectivity index (χ1v) is 8.33. The number of nitrogens with zero attached hydrogens (tertiary/aromatic N) is 5. The number of rotatable bonds is 4. The Balaban J connectivity index is 1.78. The number of hydrogen-bond acceptors (Lipinski definition) is 8. The van der Waals surface area contributed by atoms with Gasteiger partial charge in [-0.25, -0.2) is 4.68 Å². The number of nitro benzene ring substituents is 1. The fourth-order valence-electron chi connectivity index (χ4n) is 2.62. The molecule has 130 valence electrons. The van der Waals surface area contributed by atoms with Gasteiger partial charge < -0.3 is 10.3 Å². The first-order valence-electron chi connectivity index (χ1n) is 7.51. The van der Waals surface area contributed by atoms with E-state index in [-0.39, 0.29) is 5.69 Å². The third-order valence-electron chi connectivity index (χ3n) is 3.87. The molecule has 0 saturated heterocycles. The molecule has 9 nitrogen and oxygen atoms in total. The molecular weight excluding hydrogens is 356 g/mol. The maximum atomic E-state index is 11.2. The van der Waals surface area contributed by atoms with Crippen LogP contribution in [0.15, 0.2) is 57.3 Å². The number of benzene rings is 1. The Morgan fingerprint density at radius 3 is 2.85 bits per heavy atom. The van der Waals surface area contributed by atoms with Gasteiger partial charge in [-0.05, 0) is 43.0 Å². The van der Waals surface area contributed by atoms with Crippen LogP contribution < -0.4 is 5.84 Å². The maximum Gasteiger partial charge on any atom is 0.278 e. The molecule has 0 aliphatic heterocycles. The van der Waals surface area contributed by atoms with Crippen molar-refractivity contribution in [3.8, 4) is 11.4 Å². The predicted octanol–water partition coefficient (Wildman–Crippen LogP) is 3.17. The second-order valence-electron chi connectivity index (χ2n) is 5.41. The highest BCUT2D eigenvalue weighted by Crippen LogP contribution is 2.36. The zero-order valence-corrected chi connectivity index (χ0v) is 14.3. The summed E-state index contributed by atoms with van der Waals surface area (Å²) < 4.78 is 6.64. The van der Waals surface area contributed by atoms with Gasteiger partial charge in [-0.2, -0.15) is 0 Å². The zero-order chi connectivity index (χ0) is 18.3. The van der Waals surface area contributed by atoms with Crippen molar-refractivity contribution >= 4 is 28.4 Å². The summed E-state index contributed by atoms with van der Waals surface area (Å²) in [6.07, 6.45) is 3.14. The highest BCUT2D eigenvalue weighted by atomic mass is 32.2. The van der Waals surface area contributed by atoms with Crippen LogP contribution in [0.3, 0.4) is 0 Å².